The Labute approximate surface area is 187 Å². The van der Waals surface area contributed by atoms with Gasteiger partial charge in [0.1, 0.15) is 0 Å². The summed E-state index contributed by atoms with van der Waals surface area (Å²) in [5.41, 5.74) is 3.59. The van der Waals surface area contributed by atoms with Gasteiger partial charge in [0.15, 0.2) is 11.5 Å². The molecule has 8 heteroatoms. The highest BCUT2D eigenvalue weighted by Gasteiger charge is 2.19. The summed E-state index contributed by atoms with van der Waals surface area (Å²) in [6.45, 7) is 4.92. The van der Waals surface area contributed by atoms with Gasteiger partial charge in [-0.25, -0.2) is 8.42 Å². The predicted molar refractivity (Wildman–Crippen MR) is 123 cm³/mol. The van der Waals surface area contributed by atoms with E-state index in [1.165, 1.54) is 12.1 Å². The summed E-state index contributed by atoms with van der Waals surface area (Å²) >= 11 is 0. The molecule has 1 aliphatic heterocycles. The first-order valence-electron chi connectivity index (χ1n) is 10.2. The van der Waals surface area contributed by atoms with Crippen LogP contribution in [0.2, 0.25) is 0 Å². The third-order valence-electron chi connectivity index (χ3n) is 5.06. The molecule has 1 heterocycles. The minimum atomic E-state index is -3.84. The Bertz CT molecular complexity index is 1250. The molecule has 0 atom stereocenters. The fraction of sp³-hybridized carbons (Fsp3) is 0.208. The minimum Gasteiger partial charge on any atom is -0.490 e. The molecule has 0 unspecified atom stereocenters. The molecule has 0 aliphatic carbocycles. The maximum absolute atomic E-state index is 12.8. The van der Waals surface area contributed by atoms with Gasteiger partial charge in [-0.2, -0.15) is 0 Å². The molecule has 0 bridgehead atoms. The first-order chi connectivity index (χ1) is 15.3. The first-order valence-corrected chi connectivity index (χ1v) is 11.7. The molecule has 1 aliphatic rings. The van der Waals surface area contributed by atoms with Crippen molar-refractivity contribution in [2.24, 2.45) is 0 Å². The number of rotatable bonds is 5. The summed E-state index contributed by atoms with van der Waals surface area (Å²) in [5, 5.41) is 2.88. The average Bonchev–Trinajstić information content (AvgIpc) is 3.01. The lowest BCUT2D eigenvalue weighted by Crippen LogP contribution is -2.15. The van der Waals surface area contributed by atoms with Crippen LogP contribution in [0.3, 0.4) is 0 Å². The van der Waals surface area contributed by atoms with Crippen molar-refractivity contribution in [1.29, 1.82) is 0 Å². The second kappa shape index (κ2) is 8.92. The van der Waals surface area contributed by atoms with Crippen molar-refractivity contribution in [1.82, 2.24) is 0 Å². The summed E-state index contributed by atoms with van der Waals surface area (Å²) < 4.78 is 39.3. The van der Waals surface area contributed by atoms with Gasteiger partial charge in [0.2, 0.25) is 0 Å². The molecule has 4 rings (SSSR count). The normalized spacial score (nSPS) is 13.2. The van der Waals surface area contributed by atoms with Crippen LogP contribution in [0.25, 0.3) is 0 Å². The summed E-state index contributed by atoms with van der Waals surface area (Å²) in [7, 11) is -3.84. The number of carbonyl (C=O) groups excluding carboxylic acids is 1. The summed E-state index contributed by atoms with van der Waals surface area (Å²) in [5.74, 6) is 0.665. The zero-order chi connectivity index (χ0) is 22.7. The van der Waals surface area contributed by atoms with Crippen LogP contribution in [-0.2, 0) is 10.0 Å². The summed E-state index contributed by atoms with van der Waals surface area (Å²) in [4.78, 5) is 12.6. The maximum Gasteiger partial charge on any atom is 0.262 e. The molecule has 3 aromatic rings. The fourth-order valence-electron chi connectivity index (χ4n) is 3.36. The van der Waals surface area contributed by atoms with E-state index in [1.54, 1.807) is 30.3 Å². The van der Waals surface area contributed by atoms with Crippen molar-refractivity contribution >= 4 is 27.3 Å². The van der Waals surface area contributed by atoms with E-state index in [9.17, 15) is 13.2 Å². The van der Waals surface area contributed by atoms with E-state index < -0.39 is 10.0 Å². The van der Waals surface area contributed by atoms with E-state index in [0.29, 0.717) is 36.0 Å². The monoisotopic (exact) mass is 452 g/mol. The smallest absolute Gasteiger partial charge is 0.262 e. The average molecular weight is 453 g/mol. The quantitative estimate of drug-likeness (QED) is 0.594. The number of hydrogen-bond donors (Lipinski definition) is 2. The number of amides is 1. The number of hydrogen-bond acceptors (Lipinski definition) is 5. The summed E-state index contributed by atoms with van der Waals surface area (Å²) in [6.07, 6.45) is 0.735. The SMILES string of the molecule is Cc1ccc(NC(=O)c2ccc(NS(=O)(=O)c3ccc4c(c3)OCCCO4)cc2)c(C)c1. The van der Waals surface area contributed by atoms with Gasteiger partial charge in [-0.3, -0.25) is 9.52 Å². The number of aryl methyl sites for hydroxylation is 2. The number of sulfonamides is 1. The number of ether oxygens (including phenoxy) is 2. The van der Waals surface area contributed by atoms with Crippen LogP contribution in [0.1, 0.15) is 27.9 Å². The van der Waals surface area contributed by atoms with Crippen molar-refractivity contribution in [3.63, 3.8) is 0 Å². The van der Waals surface area contributed by atoms with Crippen molar-refractivity contribution in [3.05, 3.63) is 77.4 Å². The Balaban J connectivity index is 1.47. The molecule has 0 radical (unpaired) electrons. The van der Waals surface area contributed by atoms with Crippen LogP contribution >= 0.6 is 0 Å². The molecule has 1 amide bonds. The predicted octanol–water partition coefficient (Wildman–Crippen LogP) is 4.52. The second-order valence-corrected chi connectivity index (χ2v) is 9.30. The zero-order valence-electron chi connectivity index (χ0n) is 17.8. The molecule has 7 nitrogen and oxygen atoms in total. The van der Waals surface area contributed by atoms with E-state index in [4.69, 9.17) is 9.47 Å². The van der Waals surface area contributed by atoms with Crippen LogP contribution in [0.15, 0.2) is 65.6 Å². The standard InChI is InChI=1S/C24H24N2O5S/c1-16-4-10-21(17(2)14-16)25-24(27)18-5-7-19(8-6-18)26-32(28,29)20-9-11-22-23(15-20)31-13-3-12-30-22/h4-11,14-15,26H,3,12-13H2,1-2H3,(H,25,27). The van der Waals surface area contributed by atoms with Crippen molar-refractivity contribution in [3.8, 4) is 11.5 Å². The molecule has 3 aromatic carbocycles. The van der Waals surface area contributed by atoms with Gasteiger partial charge >= 0.3 is 0 Å². The van der Waals surface area contributed by atoms with E-state index in [1.807, 2.05) is 32.0 Å². The lowest BCUT2D eigenvalue weighted by Gasteiger charge is -2.12. The molecule has 0 saturated carbocycles. The third kappa shape index (κ3) is 4.86. The Morgan fingerprint density at radius 2 is 1.59 bits per heavy atom. The molecule has 166 valence electrons. The van der Waals surface area contributed by atoms with E-state index >= 15 is 0 Å². The molecule has 2 N–H and O–H groups in total. The highest BCUT2D eigenvalue weighted by atomic mass is 32.2. The van der Waals surface area contributed by atoms with Gasteiger partial charge in [-0.15, -0.1) is 0 Å². The van der Waals surface area contributed by atoms with Crippen LogP contribution in [-0.4, -0.2) is 27.5 Å². The first kappa shape index (κ1) is 21.7. The summed E-state index contributed by atoms with van der Waals surface area (Å²) in [6, 6.07) is 16.6. The number of benzene rings is 3. The largest absolute Gasteiger partial charge is 0.490 e. The third-order valence-corrected chi connectivity index (χ3v) is 6.44. The lowest BCUT2D eigenvalue weighted by molar-refractivity contribution is 0.102. The molecular formula is C24H24N2O5S. The van der Waals surface area contributed by atoms with Gasteiger partial charge in [0.05, 0.1) is 18.1 Å². The van der Waals surface area contributed by atoms with E-state index in [-0.39, 0.29) is 10.8 Å². The molecular weight excluding hydrogens is 428 g/mol. The molecule has 0 saturated heterocycles. The zero-order valence-corrected chi connectivity index (χ0v) is 18.7. The molecule has 0 aromatic heterocycles. The lowest BCUT2D eigenvalue weighted by atomic mass is 10.1. The minimum absolute atomic E-state index is 0.0680. The highest BCUT2D eigenvalue weighted by molar-refractivity contribution is 7.92. The van der Waals surface area contributed by atoms with Gasteiger partial charge < -0.3 is 14.8 Å². The van der Waals surface area contributed by atoms with Crippen LogP contribution in [0.5, 0.6) is 11.5 Å². The van der Waals surface area contributed by atoms with Crippen molar-refractivity contribution in [2.45, 2.75) is 25.2 Å². The molecule has 32 heavy (non-hydrogen) atoms. The second-order valence-electron chi connectivity index (χ2n) is 7.61. The van der Waals surface area contributed by atoms with Gasteiger partial charge in [-0.05, 0) is 61.9 Å². The van der Waals surface area contributed by atoms with Gasteiger partial charge in [-0.1, -0.05) is 17.7 Å². The maximum atomic E-state index is 12.8. The number of nitrogens with one attached hydrogen (secondary N) is 2. The van der Waals surface area contributed by atoms with Gasteiger partial charge in [0.25, 0.3) is 15.9 Å². The van der Waals surface area contributed by atoms with Gasteiger partial charge in [0, 0.05) is 29.4 Å². The van der Waals surface area contributed by atoms with E-state index in [2.05, 4.69) is 10.0 Å². The van der Waals surface area contributed by atoms with Crippen molar-refractivity contribution < 1.29 is 22.7 Å². The number of anilines is 2. The molecule has 0 fully saturated rings. The Morgan fingerprint density at radius 3 is 2.31 bits per heavy atom. The Morgan fingerprint density at radius 1 is 0.875 bits per heavy atom. The number of fused-ring (bicyclic) bond motifs is 1. The highest BCUT2D eigenvalue weighted by Crippen LogP contribution is 2.32. The number of carbonyl (C=O) groups is 1. The van der Waals surface area contributed by atoms with Crippen molar-refractivity contribution in [2.75, 3.05) is 23.3 Å². The van der Waals surface area contributed by atoms with Crippen LogP contribution < -0.4 is 19.5 Å². The van der Waals surface area contributed by atoms with Crippen LogP contribution in [0.4, 0.5) is 11.4 Å². The molecule has 0 spiro atoms. The fourth-order valence-corrected chi connectivity index (χ4v) is 4.44. The Hall–Kier alpha value is -3.52. The van der Waals surface area contributed by atoms with E-state index in [0.717, 1.165) is 23.2 Å². The topological polar surface area (TPSA) is 93.7 Å². The van der Waals surface area contributed by atoms with Crippen LogP contribution in [0, 0.1) is 13.8 Å². The Kier molecular flexibility index (Phi) is 6.05.